The van der Waals surface area contributed by atoms with Gasteiger partial charge in [0.2, 0.25) is 0 Å². The molecule has 2 saturated carbocycles. The van der Waals surface area contributed by atoms with Gasteiger partial charge < -0.3 is 4.74 Å². The molecule has 5 atom stereocenters. The van der Waals surface area contributed by atoms with Crippen molar-refractivity contribution in [1.29, 1.82) is 0 Å². The quantitative estimate of drug-likeness (QED) is 0.601. The van der Waals surface area contributed by atoms with Gasteiger partial charge in [0.05, 0.1) is 11.2 Å². The Morgan fingerprint density at radius 3 is 2.31 bits per heavy atom. The predicted octanol–water partition coefficient (Wildman–Crippen LogP) is 4.02. The average molecular weight is 222 g/mol. The van der Waals surface area contributed by atoms with Gasteiger partial charge in [0, 0.05) is 0 Å². The maximum absolute atomic E-state index is 6.54. The van der Waals surface area contributed by atoms with Crippen molar-refractivity contribution in [1.82, 2.24) is 0 Å². The van der Waals surface area contributed by atoms with Gasteiger partial charge in [-0.2, -0.15) is 0 Å². The molecule has 2 aliphatic heterocycles. The smallest absolute Gasteiger partial charge is 0.0718 e. The standard InChI is InChI=1S/C15H26O/c1-10-8-13(2,3)12-9-14(4)7-6-11(12)15(10,5)16-14/h10-12H,6-9H2,1-5H3/t10-,11-,12+,14+,15+/m0/s1. The Morgan fingerprint density at radius 2 is 1.69 bits per heavy atom. The van der Waals surface area contributed by atoms with Gasteiger partial charge in [0.25, 0.3) is 0 Å². The molecule has 2 saturated heterocycles. The first-order valence-corrected chi connectivity index (χ1v) is 6.97. The molecule has 2 heterocycles. The number of fused-ring (bicyclic) bond motifs is 1. The van der Waals surface area contributed by atoms with Crippen molar-refractivity contribution in [2.45, 2.75) is 71.5 Å². The molecule has 0 amide bonds. The fraction of sp³-hybridized carbons (Fsp3) is 1.00. The van der Waals surface area contributed by atoms with Gasteiger partial charge in [0.1, 0.15) is 0 Å². The number of hydrogen-bond donors (Lipinski definition) is 0. The first-order valence-electron chi connectivity index (χ1n) is 6.97. The van der Waals surface area contributed by atoms with Crippen molar-refractivity contribution in [3.63, 3.8) is 0 Å². The van der Waals surface area contributed by atoms with Gasteiger partial charge in [-0.1, -0.05) is 20.8 Å². The third kappa shape index (κ3) is 1.21. The second-order valence-corrected chi connectivity index (χ2v) is 7.79. The van der Waals surface area contributed by atoms with E-state index in [1.807, 2.05) is 0 Å². The van der Waals surface area contributed by atoms with Gasteiger partial charge in [-0.15, -0.1) is 0 Å². The maximum Gasteiger partial charge on any atom is 0.0718 e. The van der Waals surface area contributed by atoms with Crippen LogP contribution in [0.5, 0.6) is 0 Å². The van der Waals surface area contributed by atoms with Crippen LogP contribution in [0.1, 0.15) is 60.3 Å². The summed E-state index contributed by atoms with van der Waals surface area (Å²) in [5, 5.41) is 0. The van der Waals surface area contributed by atoms with Crippen molar-refractivity contribution in [2.75, 3.05) is 0 Å². The van der Waals surface area contributed by atoms with E-state index in [9.17, 15) is 0 Å². The van der Waals surface area contributed by atoms with E-state index in [0.717, 1.165) is 11.8 Å². The van der Waals surface area contributed by atoms with Crippen LogP contribution < -0.4 is 0 Å². The highest BCUT2D eigenvalue weighted by Crippen LogP contribution is 2.64. The van der Waals surface area contributed by atoms with E-state index in [1.54, 1.807) is 0 Å². The molecule has 0 aromatic rings. The normalized spacial score (nSPS) is 58.7. The van der Waals surface area contributed by atoms with Crippen molar-refractivity contribution >= 4 is 0 Å². The fourth-order valence-corrected chi connectivity index (χ4v) is 5.19. The lowest BCUT2D eigenvalue weighted by Gasteiger charge is -2.67. The molecular formula is C15H26O. The topological polar surface area (TPSA) is 9.23 Å². The van der Waals surface area contributed by atoms with Crippen LogP contribution in [0.15, 0.2) is 0 Å². The van der Waals surface area contributed by atoms with Gasteiger partial charge >= 0.3 is 0 Å². The molecule has 4 rings (SSSR count). The number of hydrogen-bond acceptors (Lipinski definition) is 1. The Kier molecular flexibility index (Phi) is 1.98. The minimum absolute atomic E-state index is 0.172. The monoisotopic (exact) mass is 222 g/mol. The van der Waals surface area contributed by atoms with E-state index in [2.05, 4.69) is 34.6 Å². The first kappa shape index (κ1) is 11.1. The molecule has 4 aliphatic rings. The van der Waals surface area contributed by atoms with Crippen LogP contribution in [0.2, 0.25) is 0 Å². The lowest BCUT2D eigenvalue weighted by Crippen LogP contribution is -2.67. The molecule has 2 aliphatic carbocycles. The largest absolute Gasteiger partial charge is 0.369 e. The molecule has 4 bridgehead atoms. The molecule has 0 unspecified atom stereocenters. The predicted molar refractivity (Wildman–Crippen MR) is 66.3 cm³/mol. The maximum atomic E-state index is 6.54. The second kappa shape index (κ2) is 2.85. The summed E-state index contributed by atoms with van der Waals surface area (Å²) in [6.07, 6.45) is 5.31. The molecular weight excluding hydrogens is 196 g/mol. The van der Waals surface area contributed by atoms with Crippen molar-refractivity contribution in [3.05, 3.63) is 0 Å². The summed E-state index contributed by atoms with van der Waals surface area (Å²) in [5.74, 6) is 2.41. The van der Waals surface area contributed by atoms with Crippen molar-refractivity contribution in [3.8, 4) is 0 Å². The minimum Gasteiger partial charge on any atom is -0.369 e. The Morgan fingerprint density at radius 1 is 1.00 bits per heavy atom. The highest BCUT2D eigenvalue weighted by atomic mass is 16.5. The molecule has 16 heavy (non-hydrogen) atoms. The lowest BCUT2D eigenvalue weighted by molar-refractivity contribution is -0.312. The van der Waals surface area contributed by atoms with Gasteiger partial charge in [0.15, 0.2) is 0 Å². The summed E-state index contributed by atoms with van der Waals surface area (Å²) in [7, 11) is 0. The average Bonchev–Trinajstić information content (AvgIpc) is 2.14. The third-order valence-electron chi connectivity index (χ3n) is 6.14. The minimum atomic E-state index is 0.172. The molecule has 0 aromatic carbocycles. The summed E-state index contributed by atoms with van der Waals surface area (Å²) >= 11 is 0. The summed E-state index contributed by atoms with van der Waals surface area (Å²) in [6.45, 7) is 12.1. The van der Waals surface area contributed by atoms with Gasteiger partial charge in [-0.05, 0) is 62.7 Å². The molecule has 1 heteroatoms. The highest BCUT2D eigenvalue weighted by molar-refractivity contribution is 5.12. The van der Waals surface area contributed by atoms with Crippen LogP contribution in [0.25, 0.3) is 0 Å². The van der Waals surface area contributed by atoms with Gasteiger partial charge in [-0.3, -0.25) is 0 Å². The molecule has 92 valence electrons. The summed E-state index contributed by atoms with van der Waals surface area (Å²) in [5.41, 5.74) is 0.876. The zero-order valence-corrected chi connectivity index (χ0v) is 11.5. The molecule has 4 fully saturated rings. The molecule has 0 spiro atoms. The third-order valence-corrected chi connectivity index (χ3v) is 6.14. The first-order chi connectivity index (χ1) is 7.27. The van der Waals surface area contributed by atoms with Gasteiger partial charge in [-0.25, -0.2) is 0 Å². The van der Waals surface area contributed by atoms with E-state index in [-0.39, 0.29) is 11.2 Å². The zero-order chi connectivity index (χ0) is 11.8. The van der Waals surface area contributed by atoms with Crippen LogP contribution in [-0.4, -0.2) is 11.2 Å². The molecule has 0 aromatic heterocycles. The molecule has 0 radical (unpaired) electrons. The Hall–Kier alpha value is -0.0400. The van der Waals surface area contributed by atoms with Crippen LogP contribution in [-0.2, 0) is 4.74 Å². The van der Waals surface area contributed by atoms with Crippen LogP contribution in [0.4, 0.5) is 0 Å². The van der Waals surface area contributed by atoms with Crippen molar-refractivity contribution < 1.29 is 4.74 Å². The van der Waals surface area contributed by atoms with E-state index < -0.39 is 0 Å². The van der Waals surface area contributed by atoms with Crippen LogP contribution in [0, 0.1) is 23.2 Å². The Labute approximate surface area is 99.9 Å². The second-order valence-electron chi connectivity index (χ2n) is 7.79. The summed E-state index contributed by atoms with van der Waals surface area (Å²) < 4.78 is 6.54. The van der Waals surface area contributed by atoms with Crippen molar-refractivity contribution in [2.24, 2.45) is 23.2 Å². The molecule has 0 N–H and O–H groups in total. The summed E-state index contributed by atoms with van der Waals surface area (Å²) in [4.78, 5) is 0. The summed E-state index contributed by atoms with van der Waals surface area (Å²) in [6, 6.07) is 0. The molecule has 1 nitrogen and oxygen atoms in total. The Bertz CT molecular complexity index is 321. The Balaban J connectivity index is 2.06. The highest BCUT2D eigenvalue weighted by Gasteiger charge is 2.63. The lowest BCUT2D eigenvalue weighted by atomic mass is 9.47. The fourth-order valence-electron chi connectivity index (χ4n) is 5.19. The van der Waals surface area contributed by atoms with E-state index in [0.29, 0.717) is 11.3 Å². The zero-order valence-electron chi connectivity index (χ0n) is 11.5. The van der Waals surface area contributed by atoms with E-state index >= 15 is 0 Å². The van der Waals surface area contributed by atoms with Crippen LogP contribution in [0.3, 0.4) is 0 Å². The van der Waals surface area contributed by atoms with E-state index in [4.69, 9.17) is 4.74 Å². The number of rotatable bonds is 0. The van der Waals surface area contributed by atoms with E-state index in [1.165, 1.54) is 25.7 Å². The SMILES string of the molecule is C[C@H]1CC(C)(C)[C@@H]2C[C@@]3(C)CC[C@@H]2[C@]1(C)O3. The number of ether oxygens (including phenoxy) is 1. The van der Waals surface area contributed by atoms with Crippen LogP contribution >= 0.6 is 0 Å².